The number of fused-ring (bicyclic) bond motifs is 2. The fourth-order valence-electron chi connectivity index (χ4n) is 2.90. The van der Waals surface area contributed by atoms with Gasteiger partial charge in [0, 0.05) is 16.3 Å². The SMILES string of the molecule is CC(O)c1ccc2c(c1)Sc1ccccc1N2CCCN(C)C. The van der Waals surface area contributed by atoms with E-state index in [-0.39, 0.29) is 0 Å². The Morgan fingerprint density at radius 2 is 1.83 bits per heavy atom. The van der Waals surface area contributed by atoms with Gasteiger partial charge in [-0.1, -0.05) is 30.0 Å². The first-order chi connectivity index (χ1) is 11.1. The van der Waals surface area contributed by atoms with E-state index >= 15 is 0 Å². The van der Waals surface area contributed by atoms with Crippen LogP contribution in [0.5, 0.6) is 0 Å². The van der Waals surface area contributed by atoms with Crippen LogP contribution in [0.25, 0.3) is 0 Å². The molecule has 0 fully saturated rings. The molecule has 0 bridgehead atoms. The molecule has 3 rings (SSSR count). The van der Waals surface area contributed by atoms with Gasteiger partial charge in [0.1, 0.15) is 0 Å². The quantitative estimate of drug-likeness (QED) is 0.885. The molecule has 0 amide bonds. The van der Waals surface area contributed by atoms with Crippen molar-refractivity contribution in [3.63, 3.8) is 0 Å². The van der Waals surface area contributed by atoms with Gasteiger partial charge in [-0.25, -0.2) is 0 Å². The molecule has 1 unspecified atom stereocenters. The maximum Gasteiger partial charge on any atom is 0.0762 e. The molecule has 1 aliphatic rings. The molecule has 0 saturated heterocycles. The molecule has 23 heavy (non-hydrogen) atoms. The zero-order valence-corrected chi connectivity index (χ0v) is 14.8. The van der Waals surface area contributed by atoms with Gasteiger partial charge >= 0.3 is 0 Å². The molecule has 2 aromatic carbocycles. The van der Waals surface area contributed by atoms with Gasteiger partial charge in [0.2, 0.25) is 0 Å². The number of hydrogen-bond donors (Lipinski definition) is 1. The van der Waals surface area contributed by atoms with Crippen LogP contribution in [0, 0.1) is 0 Å². The van der Waals surface area contributed by atoms with Crippen LogP contribution >= 0.6 is 11.8 Å². The largest absolute Gasteiger partial charge is 0.389 e. The van der Waals surface area contributed by atoms with Crippen molar-refractivity contribution in [2.75, 3.05) is 32.1 Å². The fourth-order valence-corrected chi connectivity index (χ4v) is 4.04. The van der Waals surface area contributed by atoms with Crippen molar-refractivity contribution in [1.82, 2.24) is 4.90 Å². The van der Waals surface area contributed by atoms with Crippen LogP contribution in [0.2, 0.25) is 0 Å². The van der Waals surface area contributed by atoms with Gasteiger partial charge in [0.15, 0.2) is 0 Å². The highest BCUT2D eigenvalue weighted by Gasteiger charge is 2.23. The van der Waals surface area contributed by atoms with E-state index in [1.54, 1.807) is 11.8 Å². The minimum atomic E-state index is -0.430. The lowest BCUT2D eigenvalue weighted by Gasteiger charge is -2.33. The second-order valence-corrected chi connectivity index (χ2v) is 7.37. The molecular formula is C19H24N2OS. The summed E-state index contributed by atoms with van der Waals surface area (Å²) < 4.78 is 0. The third-order valence-corrected chi connectivity index (χ3v) is 5.23. The highest BCUT2D eigenvalue weighted by Crippen LogP contribution is 2.48. The van der Waals surface area contributed by atoms with Crippen LogP contribution in [0.1, 0.15) is 25.0 Å². The van der Waals surface area contributed by atoms with Gasteiger partial charge in [-0.15, -0.1) is 0 Å². The number of rotatable bonds is 5. The molecule has 0 radical (unpaired) electrons. The Bertz CT molecular complexity index is 685. The van der Waals surface area contributed by atoms with E-state index in [2.05, 4.69) is 60.3 Å². The molecule has 122 valence electrons. The number of aliphatic hydroxyl groups excluding tert-OH is 1. The monoisotopic (exact) mass is 328 g/mol. The summed E-state index contributed by atoms with van der Waals surface area (Å²) in [5, 5.41) is 9.86. The molecule has 0 aliphatic carbocycles. The number of para-hydroxylation sites is 1. The number of benzene rings is 2. The van der Waals surface area contributed by atoms with Crippen molar-refractivity contribution in [1.29, 1.82) is 0 Å². The van der Waals surface area contributed by atoms with E-state index in [4.69, 9.17) is 0 Å². The van der Waals surface area contributed by atoms with E-state index in [1.807, 2.05) is 13.0 Å². The van der Waals surface area contributed by atoms with Crippen molar-refractivity contribution in [2.45, 2.75) is 29.2 Å². The number of nitrogens with zero attached hydrogens (tertiary/aromatic N) is 2. The van der Waals surface area contributed by atoms with E-state index in [0.717, 1.165) is 25.1 Å². The fraction of sp³-hybridized carbons (Fsp3) is 0.368. The Labute approximate surface area is 142 Å². The van der Waals surface area contributed by atoms with Gasteiger partial charge in [0.05, 0.1) is 17.5 Å². The van der Waals surface area contributed by atoms with Crippen molar-refractivity contribution in [3.05, 3.63) is 48.0 Å². The highest BCUT2D eigenvalue weighted by atomic mass is 32.2. The second-order valence-electron chi connectivity index (χ2n) is 6.28. The zero-order chi connectivity index (χ0) is 16.4. The number of aliphatic hydroxyl groups is 1. The lowest BCUT2D eigenvalue weighted by Crippen LogP contribution is -2.25. The lowest BCUT2D eigenvalue weighted by molar-refractivity contribution is 0.199. The maximum atomic E-state index is 9.86. The summed E-state index contributed by atoms with van der Waals surface area (Å²) in [5.41, 5.74) is 3.51. The first-order valence-electron chi connectivity index (χ1n) is 8.07. The van der Waals surface area contributed by atoms with Crippen LogP contribution in [-0.4, -0.2) is 37.2 Å². The summed E-state index contributed by atoms with van der Waals surface area (Å²) in [6, 6.07) is 14.9. The topological polar surface area (TPSA) is 26.7 Å². The third kappa shape index (κ3) is 3.55. The number of hydrogen-bond acceptors (Lipinski definition) is 4. The average molecular weight is 328 g/mol. The molecular weight excluding hydrogens is 304 g/mol. The normalized spacial score (nSPS) is 14.6. The molecule has 1 aliphatic heterocycles. The van der Waals surface area contributed by atoms with Gasteiger partial charge < -0.3 is 14.9 Å². The molecule has 1 heterocycles. The van der Waals surface area contributed by atoms with Crippen molar-refractivity contribution in [2.24, 2.45) is 0 Å². The van der Waals surface area contributed by atoms with E-state index in [0.29, 0.717) is 0 Å². The summed E-state index contributed by atoms with van der Waals surface area (Å²) >= 11 is 1.79. The second kappa shape index (κ2) is 6.95. The summed E-state index contributed by atoms with van der Waals surface area (Å²) in [7, 11) is 4.23. The van der Waals surface area contributed by atoms with Gasteiger partial charge in [-0.3, -0.25) is 0 Å². The molecule has 0 spiro atoms. The smallest absolute Gasteiger partial charge is 0.0762 e. The zero-order valence-electron chi connectivity index (χ0n) is 14.0. The molecule has 0 aromatic heterocycles. The first kappa shape index (κ1) is 16.4. The summed E-state index contributed by atoms with van der Waals surface area (Å²) in [4.78, 5) is 7.15. The summed E-state index contributed by atoms with van der Waals surface area (Å²) in [5.74, 6) is 0. The van der Waals surface area contributed by atoms with E-state index in [1.165, 1.54) is 21.2 Å². The van der Waals surface area contributed by atoms with Crippen molar-refractivity contribution in [3.8, 4) is 0 Å². The Hall–Kier alpha value is -1.49. The summed E-state index contributed by atoms with van der Waals surface area (Å²) in [6.45, 7) is 3.89. The minimum absolute atomic E-state index is 0.430. The average Bonchev–Trinajstić information content (AvgIpc) is 2.53. The molecule has 2 aromatic rings. The molecule has 0 saturated carbocycles. The molecule has 1 atom stereocenters. The van der Waals surface area contributed by atoms with Crippen LogP contribution in [-0.2, 0) is 0 Å². The van der Waals surface area contributed by atoms with Gasteiger partial charge in [-0.05, 0) is 63.8 Å². The Kier molecular flexibility index (Phi) is 4.95. The minimum Gasteiger partial charge on any atom is -0.389 e. The van der Waals surface area contributed by atoms with Crippen LogP contribution in [0.3, 0.4) is 0 Å². The standard InChI is InChI=1S/C19H24N2OS/c1-14(22)15-9-10-17-19(13-15)23-18-8-5-4-7-16(18)21(17)12-6-11-20(2)3/h4-5,7-10,13-14,22H,6,11-12H2,1-3H3. The van der Waals surface area contributed by atoms with E-state index < -0.39 is 6.10 Å². The Morgan fingerprint density at radius 3 is 2.57 bits per heavy atom. The van der Waals surface area contributed by atoms with Crippen LogP contribution in [0.4, 0.5) is 11.4 Å². The third-order valence-electron chi connectivity index (χ3n) is 4.12. The van der Waals surface area contributed by atoms with Crippen LogP contribution in [0.15, 0.2) is 52.3 Å². The molecule has 4 heteroatoms. The van der Waals surface area contributed by atoms with Crippen molar-refractivity contribution >= 4 is 23.1 Å². The molecule has 1 N–H and O–H groups in total. The van der Waals surface area contributed by atoms with Crippen molar-refractivity contribution < 1.29 is 5.11 Å². The number of anilines is 2. The Morgan fingerprint density at radius 1 is 1.09 bits per heavy atom. The predicted molar refractivity (Wildman–Crippen MR) is 97.8 cm³/mol. The van der Waals surface area contributed by atoms with Gasteiger partial charge in [0.25, 0.3) is 0 Å². The van der Waals surface area contributed by atoms with E-state index in [9.17, 15) is 5.11 Å². The first-order valence-corrected chi connectivity index (χ1v) is 8.89. The summed E-state index contributed by atoms with van der Waals surface area (Å²) in [6.07, 6.45) is 0.684. The Balaban J connectivity index is 1.94. The van der Waals surface area contributed by atoms with Gasteiger partial charge in [-0.2, -0.15) is 0 Å². The predicted octanol–water partition coefficient (Wildman–Crippen LogP) is 4.29. The van der Waals surface area contributed by atoms with Crippen LogP contribution < -0.4 is 4.90 Å². The highest BCUT2D eigenvalue weighted by molar-refractivity contribution is 7.99. The maximum absolute atomic E-state index is 9.86. The molecule has 3 nitrogen and oxygen atoms in total. The lowest BCUT2D eigenvalue weighted by atomic mass is 10.1.